The van der Waals surface area contributed by atoms with Crippen LogP contribution in [-0.4, -0.2) is 27.0 Å². The van der Waals surface area contributed by atoms with E-state index in [-0.39, 0.29) is 28.3 Å². The van der Waals surface area contributed by atoms with Gasteiger partial charge in [0, 0.05) is 11.1 Å². The molecule has 0 aliphatic rings. The lowest BCUT2D eigenvalue weighted by molar-refractivity contribution is -0.137. The Morgan fingerprint density at radius 2 is 1.35 bits per heavy atom. The Bertz CT molecular complexity index is 1400. The second-order valence-corrected chi connectivity index (χ2v) is 6.84. The van der Waals surface area contributed by atoms with Gasteiger partial charge in [-0.2, -0.15) is 13.2 Å². The second kappa shape index (κ2) is 9.90. The van der Waals surface area contributed by atoms with Gasteiger partial charge in [0.25, 0.3) is 11.1 Å². The summed E-state index contributed by atoms with van der Waals surface area (Å²) in [5, 5.41) is 0. The number of ether oxygens (including phenoxy) is 1. The number of nitrogen functional groups attached to an aromatic ring is 2. The molecule has 0 amide bonds. The summed E-state index contributed by atoms with van der Waals surface area (Å²) in [4.78, 5) is 35.3. The molecule has 0 fully saturated rings. The number of hydrogen-bond acceptors (Lipinski definition) is 7. The monoisotopic (exact) mass is 472 g/mol. The molecular formula is C22H19F3N6O3. The van der Waals surface area contributed by atoms with Crippen LogP contribution >= 0.6 is 0 Å². The predicted molar refractivity (Wildman–Crippen MR) is 121 cm³/mol. The summed E-state index contributed by atoms with van der Waals surface area (Å²) in [6, 6.07) is 11.7. The first-order valence-electron chi connectivity index (χ1n) is 9.60. The summed E-state index contributed by atoms with van der Waals surface area (Å²) < 4.78 is 42.6. The van der Waals surface area contributed by atoms with E-state index in [4.69, 9.17) is 16.2 Å². The minimum absolute atomic E-state index is 0.0419. The summed E-state index contributed by atoms with van der Waals surface area (Å²) in [6.45, 7) is 0. The van der Waals surface area contributed by atoms with E-state index in [0.29, 0.717) is 5.82 Å². The summed E-state index contributed by atoms with van der Waals surface area (Å²) in [7, 11) is 1.60. The van der Waals surface area contributed by atoms with Crippen molar-refractivity contribution in [1.29, 1.82) is 0 Å². The van der Waals surface area contributed by atoms with Crippen molar-refractivity contribution in [2.45, 2.75) is 6.18 Å². The standard InChI is InChI=1S/C11H8F3N3O.C11H11N3O2/c12-11(13,14)7-3-1-2-6(4-7)9-16-5-8(15)10(18)17-9;1-16-8-4-2-7(3-5-8)10-13-6-9(12)11(15)14-10/h1-5H,15H2,(H,16,17,18);2-6H,12H2,1H3,(H,13,14,15). The van der Waals surface area contributed by atoms with Crippen molar-refractivity contribution in [2.75, 3.05) is 18.6 Å². The molecule has 0 unspecified atom stereocenters. The van der Waals surface area contributed by atoms with Gasteiger partial charge in [-0.25, -0.2) is 9.97 Å². The molecule has 9 nitrogen and oxygen atoms in total. The number of anilines is 2. The van der Waals surface area contributed by atoms with Crippen molar-refractivity contribution in [2.24, 2.45) is 0 Å². The number of rotatable bonds is 3. The van der Waals surface area contributed by atoms with E-state index in [1.807, 2.05) is 12.1 Å². The van der Waals surface area contributed by atoms with E-state index in [0.717, 1.165) is 29.6 Å². The fourth-order valence-electron chi connectivity index (χ4n) is 2.69. The highest BCUT2D eigenvalue weighted by atomic mass is 19.4. The van der Waals surface area contributed by atoms with Gasteiger partial charge in [0.05, 0.1) is 25.1 Å². The fraction of sp³-hybridized carbons (Fsp3) is 0.0909. The third-order valence-corrected chi connectivity index (χ3v) is 4.48. The van der Waals surface area contributed by atoms with E-state index in [2.05, 4.69) is 19.9 Å². The van der Waals surface area contributed by atoms with Crippen LogP contribution in [0, 0.1) is 0 Å². The van der Waals surface area contributed by atoms with Gasteiger partial charge in [0.15, 0.2) is 0 Å². The minimum atomic E-state index is -4.44. The minimum Gasteiger partial charge on any atom is -0.497 e. The van der Waals surface area contributed by atoms with Crippen LogP contribution in [0.5, 0.6) is 5.75 Å². The van der Waals surface area contributed by atoms with Gasteiger partial charge in [-0.15, -0.1) is 0 Å². The molecule has 4 aromatic rings. The molecule has 0 aliphatic carbocycles. The van der Waals surface area contributed by atoms with E-state index in [9.17, 15) is 22.8 Å². The molecule has 176 valence electrons. The number of methoxy groups -OCH3 is 1. The van der Waals surface area contributed by atoms with Gasteiger partial charge in [0.2, 0.25) is 0 Å². The number of aromatic amines is 2. The first kappa shape index (κ1) is 24.0. The van der Waals surface area contributed by atoms with Gasteiger partial charge in [-0.3, -0.25) is 9.59 Å². The largest absolute Gasteiger partial charge is 0.497 e. The van der Waals surface area contributed by atoms with Gasteiger partial charge in [-0.05, 0) is 36.4 Å². The van der Waals surface area contributed by atoms with Gasteiger partial charge < -0.3 is 26.2 Å². The molecule has 2 aromatic heterocycles. The molecule has 2 aromatic carbocycles. The number of hydrogen-bond donors (Lipinski definition) is 4. The maximum Gasteiger partial charge on any atom is 0.416 e. The molecule has 6 N–H and O–H groups in total. The first-order chi connectivity index (χ1) is 16.1. The van der Waals surface area contributed by atoms with Crippen LogP contribution in [0.4, 0.5) is 24.5 Å². The Balaban J connectivity index is 0.000000192. The Morgan fingerprint density at radius 3 is 1.82 bits per heavy atom. The van der Waals surface area contributed by atoms with Crippen LogP contribution in [0.2, 0.25) is 0 Å². The summed E-state index contributed by atoms with van der Waals surface area (Å²) in [6.07, 6.45) is -1.99. The van der Waals surface area contributed by atoms with Crippen molar-refractivity contribution in [3.63, 3.8) is 0 Å². The maximum atomic E-state index is 12.5. The highest BCUT2D eigenvalue weighted by Gasteiger charge is 2.30. The highest BCUT2D eigenvalue weighted by Crippen LogP contribution is 2.31. The van der Waals surface area contributed by atoms with Crippen LogP contribution in [-0.2, 0) is 6.18 Å². The van der Waals surface area contributed by atoms with Crippen molar-refractivity contribution in [3.8, 4) is 28.5 Å². The van der Waals surface area contributed by atoms with Crippen molar-refractivity contribution >= 4 is 11.4 Å². The molecule has 34 heavy (non-hydrogen) atoms. The van der Waals surface area contributed by atoms with Gasteiger partial charge >= 0.3 is 6.18 Å². The molecule has 0 atom stereocenters. The lowest BCUT2D eigenvalue weighted by Gasteiger charge is -2.08. The SMILES string of the molecule is COc1ccc(-c2ncc(N)c(=O)[nH]2)cc1.Nc1cnc(-c2cccc(C(F)(F)F)c2)[nH]c1=O. The van der Waals surface area contributed by atoms with Crippen LogP contribution in [0.3, 0.4) is 0 Å². The van der Waals surface area contributed by atoms with E-state index < -0.39 is 17.3 Å². The number of H-pyrrole nitrogens is 2. The summed E-state index contributed by atoms with van der Waals surface area (Å²) in [5.74, 6) is 1.28. The third-order valence-electron chi connectivity index (χ3n) is 4.48. The number of alkyl halides is 3. The molecule has 0 spiro atoms. The quantitative estimate of drug-likeness (QED) is 0.357. The van der Waals surface area contributed by atoms with Crippen LogP contribution in [0.25, 0.3) is 22.8 Å². The molecular weight excluding hydrogens is 453 g/mol. The lowest BCUT2D eigenvalue weighted by atomic mass is 10.1. The van der Waals surface area contributed by atoms with Crippen LogP contribution < -0.4 is 27.3 Å². The van der Waals surface area contributed by atoms with E-state index >= 15 is 0 Å². The van der Waals surface area contributed by atoms with Crippen LogP contribution in [0.15, 0.2) is 70.5 Å². The molecule has 2 heterocycles. The molecule has 0 radical (unpaired) electrons. The van der Waals surface area contributed by atoms with Crippen molar-refractivity contribution < 1.29 is 17.9 Å². The van der Waals surface area contributed by atoms with Crippen molar-refractivity contribution in [3.05, 3.63) is 87.2 Å². The normalized spacial score (nSPS) is 10.8. The Hall–Kier alpha value is -4.61. The molecule has 0 aliphatic heterocycles. The zero-order valence-electron chi connectivity index (χ0n) is 17.7. The first-order valence-corrected chi connectivity index (χ1v) is 9.60. The second-order valence-electron chi connectivity index (χ2n) is 6.84. The van der Waals surface area contributed by atoms with Crippen molar-refractivity contribution in [1.82, 2.24) is 19.9 Å². The molecule has 0 saturated heterocycles. The maximum absolute atomic E-state index is 12.5. The van der Waals surface area contributed by atoms with Crippen LogP contribution in [0.1, 0.15) is 5.56 Å². The number of halogens is 3. The van der Waals surface area contributed by atoms with Gasteiger partial charge in [-0.1, -0.05) is 12.1 Å². The Morgan fingerprint density at radius 1 is 0.824 bits per heavy atom. The van der Waals surface area contributed by atoms with E-state index in [1.54, 1.807) is 19.2 Å². The number of nitrogens with zero attached hydrogens (tertiary/aromatic N) is 2. The zero-order valence-corrected chi connectivity index (χ0v) is 17.7. The average Bonchev–Trinajstić information content (AvgIpc) is 2.83. The molecule has 0 bridgehead atoms. The zero-order chi connectivity index (χ0) is 24.9. The Kier molecular flexibility index (Phi) is 7.00. The highest BCUT2D eigenvalue weighted by molar-refractivity contribution is 5.57. The smallest absolute Gasteiger partial charge is 0.416 e. The predicted octanol–water partition coefficient (Wildman–Crippen LogP) is 3.07. The van der Waals surface area contributed by atoms with E-state index in [1.165, 1.54) is 18.3 Å². The molecule has 0 saturated carbocycles. The number of benzene rings is 2. The summed E-state index contributed by atoms with van der Waals surface area (Å²) >= 11 is 0. The summed E-state index contributed by atoms with van der Waals surface area (Å²) in [5.41, 5.74) is 9.93. The third kappa shape index (κ3) is 5.79. The number of aromatic nitrogens is 4. The molecule has 4 rings (SSSR count). The van der Waals surface area contributed by atoms with Gasteiger partial charge in [0.1, 0.15) is 28.8 Å². The lowest BCUT2D eigenvalue weighted by Crippen LogP contribution is -2.13. The number of nitrogens with two attached hydrogens (primary N) is 2. The topological polar surface area (TPSA) is 153 Å². The number of nitrogens with one attached hydrogen (secondary N) is 2. The Labute approximate surface area is 190 Å². The fourth-order valence-corrected chi connectivity index (χ4v) is 2.69. The molecule has 12 heteroatoms. The average molecular weight is 472 g/mol.